The van der Waals surface area contributed by atoms with Crippen molar-refractivity contribution in [1.82, 2.24) is 24.8 Å². The van der Waals surface area contributed by atoms with Crippen molar-refractivity contribution >= 4 is 34.0 Å². The Morgan fingerprint density at radius 1 is 1.07 bits per heavy atom. The van der Waals surface area contributed by atoms with Gasteiger partial charge in [0.15, 0.2) is 5.65 Å². The van der Waals surface area contributed by atoms with E-state index in [4.69, 9.17) is 4.74 Å². The summed E-state index contributed by atoms with van der Waals surface area (Å²) in [7, 11) is 0. The van der Waals surface area contributed by atoms with Crippen LogP contribution in [-0.4, -0.2) is 63.6 Å². The van der Waals surface area contributed by atoms with Crippen LogP contribution in [0.25, 0.3) is 16.6 Å². The van der Waals surface area contributed by atoms with Gasteiger partial charge in [-0.05, 0) is 25.1 Å². The molecule has 152 valence electrons. The largest absolute Gasteiger partial charge is 0.462 e. The zero-order valence-corrected chi connectivity index (χ0v) is 16.6. The van der Waals surface area contributed by atoms with Crippen molar-refractivity contribution < 1.29 is 9.53 Å². The molecule has 9 heteroatoms. The van der Waals surface area contributed by atoms with Crippen LogP contribution in [0.15, 0.2) is 48.9 Å². The number of benzene rings is 1. The molecule has 0 saturated carbocycles. The molecule has 0 atom stereocenters. The summed E-state index contributed by atoms with van der Waals surface area (Å²) in [5.74, 6) is 0.542. The van der Waals surface area contributed by atoms with Gasteiger partial charge in [0.05, 0.1) is 17.8 Å². The highest BCUT2D eigenvalue weighted by Crippen LogP contribution is 2.31. The van der Waals surface area contributed by atoms with Crippen molar-refractivity contribution in [2.24, 2.45) is 0 Å². The molecule has 30 heavy (non-hydrogen) atoms. The molecule has 4 aromatic rings. The fourth-order valence-electron chi connectivity index (χ4n) is 3.87. The number of pyridine rings is 1. The van der Waals surface area contributed by atoms with E-state index in [9.17, 15) is 4.79 Å². The highest BCUT2D eigenvalue weighted by atomic mass is 16.5. The highest BCUT2D eigenvalue weighted by molar-refractivity contribution is 6.05. The van der Waals surface area contributed by atoms with Crippen LogP contribution in [0.2, 0.25) is 0 Å². The zero-order valence-electron chi connectivity index (χ0n) is 16.6. The van der Waals surface area contributed by atoms with Crippen LogP contribution in [-0.2, 0) is 4.74 Å². The second-order valence-corrected chi connectivity index (χ2v) is 7.06. The smallest absolute Gasteiger partial charge is 0.341 e. The molecule has 9 nitrogen and oxygen atoms in total. The molecule has 1 aromatic carbocycles. The highest BCUT2D eigenvalue weighted by Gasteiger charge is 2.25. The van der Waals surface area contributed by atoms with Gasteiger partial charge in [0.2, 0.25) is 0 Å². The van der Waals surface area contributed by atoms with Gasteiger partial charge in [-0.15, -0.1) is 15.3 Å². The number of para-hydroxylation sites is 1. The monoisotopic (exact) mass is 403 g/mol. The topological polar surface area (TPSA) is 88.8 Å². The summed E-state index contributed by atoms with van der Waals surface area (Å²) in [5, 5.41) is 13.4. The van der Waals surface area contributed by atoms with Gasteiger partial charge >= 0.3 is 5.97 Å². The Morgan fingerprint density at radius 2 is 1.87 bits per heavy atom. The van der Waals surface area contributed by atoms with E-state index in [0.29, 0.717) is 12.2 Å². The van der Waals surface area contributed by atoms with E-state index in [1.54, 1.807) is 17.0 Å². The van der Waals surface area contributed by atoms with Gasteiger partial charge in [-0.2, -0.15) is 4.52 Å². The number of esters is 1. The third kappa shape index (κ3) is 3.18. The number of ether oxygens (including phenoxy) is 1. The Hall–Kier alpha value is -3.75. The summed E-state index contributed by atoms with van der Waals surface area (Å²) in [6.45, 7) is 5.20. The Balaban J connectivity index is 1.45. The molecule has 0 bridgehead atoms. The first-order valence-corrected chi connectivity index (χ1v) is 9.96. The second kappa shape index (κ2) is 7.58. The summed E-state index contributed by atoms with van der Waals surface area (Å²) in [6, 6.07) is 11.8. The molecule has 5 rings (SSSR count). The van der Waals surface area contributed by atoms with Gasteiger partial charge in [-0.3, -0.25) is 4.98 Å². The predicted molar refractivity (Wildman–Crippen MR) is 113 cm³/mol. The molecule has 0 aliphatic carbocycles. The lowest BCUT2D eigenvalue weighted by atomic mass is 10.1. The van der Waals surface area contributed by atoms with E-state index < -0.39 is 0 Å². The number of rotatable bonds is 4. The average molecular weight is 403 g/mol. The van der Waals surface area contributed by atoms with Crippen LogP contribution >= 0.6 is 0 Å². The fraction of sp³-hybridized carbons (Fsp3) is 0.286. The minimum atomic E-state index is -0.340. The SMILES string of the molecule is CCOC(=O)c1cnc2ccccc2c1N1CCN(c2ccc3nncn3n2)CC1. The van der Waals surface area contributed by atoms with E-state index in [0.717, 1.165) is 54.2 Å². The molecule has 0 spiro atoms. The van der Waals surface area contributed by atoms with Gasteiger partial charge in [0.25, 0.3) is 0 Å². The zero-order chi connectivity index (χ0) is 20.5. The minimum absolute atomic E-state index is 0.329. The van der Waals surface area contributed by atoms with Crippen molar-refractivity contribution in [3.63, 3.8) is 0 Å². The number of hydrogen-bond donors (Lipinski definition) is 0. The van der Waals surface area contributed by atoms with Crippen molar-refractivity contribution in [3.05, 3.63) is 54.5 Å². The standard InChI is InChI=1S/C21H21N7O2/c1-2-30-21(29)16-13-22-17-6-4-3-5-15(17)20(16)27-11-9-26(10-12-27)19-8-7-18-24-23-14-28(18)25-19/h3-8,13-14H,2,9-12H2,1H3. The molecule has 1 saturated heterocycles. The normalized spacial score (nSPS) is 14.4. The molecule has 1 aliphatic rings. The third-order valence-corrected chi connectivity index (χ3v) is 5.31. The number of anilines is 2. The van der Waals surface area contributed by atoms with Gasteiger partial charge in [-0.25, -0.2) is 4.79 Å². The van der Waals surface area contributed by atoms with Gasteiger partial charge in [0, 0.05) is 37.8 Å². The maximum absolute atomic E-state index is 12.6. The van der Waals surface area contributed by atoms with Gasteiger partial charge in [-0.1, -0.05) is 18.2 Å². The molecule has 0 radical (unpaired) electrons. The van der Waals surface area contributed by atoms with Crippen LogP contribution in [0.4, 0.5) is 11.5 Å². The van der Waals surface area contributed by atoms with E-state index in [1.165, 1.54) is 0 Å². The maximum Gasteiger partial charge on any atom is 0.341 e. The third-order valence-electron chi connectivity index (χ3n) is 5.31. The summed E-state index contributed by atoms with van der Waals surface area (Å²) in [6.07, 6.45) is 3.23. The lowest BCUT2D eigenvalue weighted by Crippen LogP contribution is -2.47. The quantitative estimate of drug-likeness (QED) is 0.479. The molecule has 4 heterocycles. The molecular formula is C21H21N7O2. The Labute approximate surface area is 172 Å². The second-order valence-electron chi connectivity index (χ2n) is 7.06. The molecule has 3 aromatic heterocycles. The molecule has 1 aliphatic heterocycles. The maximum atomic E-state index is 12.6. The number of aromatic nitrogens is 5. The first-order valence-electron chi connectivity index (χ1n) is 9.96. The molecule has 0 unspecified atom stereocenters. The number of carbonyl (C=O) groups is 1. The number of hydrogen-bond acceptors (Lipinski definition) is 8. The van der Waals surface area contributed by atoms with Crippen LogP contribution in [0.1, 0.15) is 17.3 Å². The van der Waals surface area contributed by atoms with Crippen LogP contribution in [0.3, 0.4) is 0 Å². The first kappa shape index (κ1) is 18.3. The fourth-order valence-corrected chi connectivity index (χ4v) is 3.87. The van der Waals surface area contributed by atoms with Crippen molar-refractivity contribution in [3.8, 4) is 0 Å². The van der Waals surface area contributed by atoms with E-state index in [2.05, 4.69) is 30.1 Å². The summed E-state index contributed by atoms with van der Waals surface area (Å²) < 4.78 is 6.97. The first-order chi connectivity index (χ1) is 14.7. The van der Waals surface area contributed by atoms with Crippen LogP contribution in [0.5, 0.6) is 0 Å². The van der Waals surface area contributed by atoms with E-state index >= 15 is 0 Å². The van der Waals surface area contributed by atoms with Crippen molar-refractivity contribution in [2.45, 2.75) is 6.92 Å². The number of fused-ring (bicyclic) bond motifs is 2. The number of carbonyl (C=O) groups excluding carboxylic acids is 1. The van der Waals surface area contributed by atoms with E-state index in [-0.39, 0.29) is 5.97 Å². The minimum Gasteiger partial charge on any atom is -0.462 e. The summed E-state index contributed by atoms with van der Waals surface area (Å²) in [5.41, 5.74) is 2.98. The Morgan fingerprint density at radius 3 is 2.70 bits per heavy atom. The molecular weight excluding hydrogens is 382 g/mol. The summed E-state index contributed by atoms with van der Waals surface area (Å²) in [4.78, 5) is 21.5. The van der Waals surface area contributed by atoms with E-state index in [1.807, 2.05) is 43.3 Å². The van der Waals surface area contributed by atoms with Crippen LogP contribution in [0, 0.1) is 0 Å². The number of nitrogens with zero attached hydrogens (tertiary/aromatic N) is 7. The molecule has 0 N–H and O–H groups in total. The molecule has 1 fully saturated rings. The number of piperazine rings is 1. The predicted octanol–water partition coefficient (Wildman–Crippen LogP) is 2.18. The van der Waals surface area contributed by atoms with Gasteiger partial charge in [0.1, 0.15) is 17.7 Å². The van der Waals surface area contributed by atoms with Gasteiger partial charge < -0.3 is 14.5 Å². The van der Waals surface area contributed by atoms with Crippen molar-refractivity contribution in [2.75, 3.05) is 42.6 Å². The van der Waals surface area contributed by atoms with Crippen LogP contribution < -0.4 is 9.80 Å². The average Bonchev–Trinajstić information content (AvgIpc) is 3.26. The summed E-state index contributed by atoms with van der Waals surface area (Å²) >= 11 is 0. The Kier molecular flexibility index (Phi) is 4.62. The lowest BCUT2D eigenvalue weighted by Gasteiger charge is -2.37. The Bertz CT molecular complexity index is 1210. The lowest BCUT2D eigenvalue weighted by molar-refractivity contribution is 0.0527. The molecule has 0 amide bonds. The van der Waals surface area contributed by atoms with Crippen molar-refractivity contribution in [1.29, 1.82) is 0 Å².